The van der Waals surface area contributed by atoms with E-state index in [0.717, 1.165) is 5.69 Å². The summed E-state index contributed by atoms with van der Waals surface area (Å²) in [7, 11) is 0. The first kappa shape index (κ1) is 14.5. The van der Waals surface area contributed by atoms with Gasteiger partial charge < -0.3 is 10.5 Å². The maximum Gasteiger partial charge on any atom is 0.414 e. The number of Topliss-reactive ketones (excluding diaryl/α,β-unsaturated/α-hetero) is 1. The number of hydrogen-bond donors (Lipinski definition) is 1. The highest BCUT2D eigenvalue weighted by Crippen LogP contribution is 2.21. The lowest BCUT2D eigenvalue weighted by molar-refractivity contribution is 0.101. The minimum atomic E-state index is -0.393. The van der Waals surface area contributed by atoms with E-state index in [0.29, 0.717) is 18.7 Å². The van der Waals surface area contributed by atoms with Gasteiger partial charge in [-0.15, -0.1) is 12.4 Å². The molecule has 2 rings (SSSR count). The van der Waals surface area contributed by atoms with Crippen LogP contribution in [0.4, 0.5) is 10.5 Å². The van der Waals surface area contributed by atoms with Crippen LogP contribution >= 0.6 is 12.4 Å². The molecule has 1 aromatic carbocycles. The third kappa shape index (κ3) is 2.80. The molecule has 5 nitrogen and oxygen atoms in total. The molecule has 0 aliphatic carbocycles. The SMILES string of the molecule is CC(=O)c1ccc(N2CC(CN)OC2=O)cc1.Cl. The Morgan fingerprint density at radius 2 is 2.06 bits per heavy atom. The van der Waals surface area contributed by atoms with E-state index < -0.39 is 6.09 Å². The van der Waals surface area contributed by atoms with Crippen molar-refractivity contribution in [3.8, 4) is 0 Å². The number of rotatable bonds is 3. The number of hydrogen-bond acceptors (Lipinski definition) is 4. The minimum absolute atomic E-state index is 0. The molecule has 1 aromatic rings. The predicted molar refractivity (Wildman–Crippen MR) is 70.4 cm³/mol. The van der Waals surface area contributed by atoms with E-state index in [2.05, 4.69) is 0 Å². The van der Waals surface area contributed by atoms with Gasteiger partial charge in [0, 0.05) is 17.8 Å². The van der Waals surface area contributed by atoms with Gasteiger partial charge in [-0.05, 0) is 31.2 Å². The third-order valence-corrected chi connectivity index (χ3v) is 2.72. The zero-order valence-corrected chi connectivity index (χ0v) is 10.8. The highest BCUT2D eigenvalue weighted by atomic mass is 35.5. The van der Waals surface area contributed by atoms with Crippen LogP contribution in [0.1, 0.15) is 17.3 Å². The van der Waals surface area contributed by atoms with Crippen LogP contribution in [0.2, 0.25) is 0 Å². The average Bonchev–Trinajstić information content (AvgIpc) is 2.71. The molecule has 6 heteroatoms. The van der Waals surface area contributed by atoms with Crippen LogP contribution in [-0.2, 0) is 4.74 Å². The van der Waals surface area contributed by atoms with Gasteiger partial charge in [-0.2, -0.15) is 0 Å². The molecule has 0 spiro atoms. The topological polar surface area (TPSA) is 72.6 Å². The summed E-state index contributed by atoms with van der Waals surface area (Å²) in [6.45, 7) is 2.27. The lowest BCUT2D eigenvalue weighted by Gasteiger charge is -2.12. The van der Waals surface area contributed by atoms with E-state index in [1.165, 1.54) is 11.8 Å². The van der Waals surface area contributed by atoms with Gasteiger partial charge in [-0.1, -0.05) is 0 Å². The van der Waals surface area contributed by atoms with E-state index in [-0.39, 0.29) is 24.3 Å². The summed E-state index contributed by atoms with van der Waals surface area (Å²) in [4.78, 5) is 24.2. The number of benzene rings is 1. The number of halogens is 1. The summed E-state index contributed by atoms with van der Waals surface area (Å²) in [5.74, 6) is 0.000355. The number of nitrogens with two attached hydrogens (primary N) is 1. The lowest BCUT2D eigenvalue weighted by Crippen LogP contribution is -2.27. The normalized spacial score (nSPS) is 18.2. The van der Waals surface area contributed by atoms with Crippen molar-refractivity contribution in [2.75, 3.05) is 18.0 Å². The van der Waals surface area contributed by atoms with Crippen LogP contribution in [0, 0.1) is 0 Å². The van der Waals surface area contributed by atoms with Crippen LogP contribution in [-0.4, -0.2) is 31.1 Å². The summed E-state index contributed by atoms with van der Waals surface area (Å²) < 4.78 is 5.05. The van der Waals surface area contributed by atoms with Crippen molar-refractivity contribution < 1.29 is 14.3 Å². The third-order valence-electron chi connectivity index (χ3n) is 2.72. The smallest absolute Gasteiger partial charge is 0.414 e. The summed E-state index contributed by atoms with van der Waals surface area (Å²) in [5.41, 5.74) is 6.79. The zero-order valence-electron chi connectivity index (χ0n) is 9.96. The fourth-order valence-corrected chi connectivity index (χ4v) is 1.73. The molecule has 0 radical (unpaired) electrons. The van der Waals surface area contributed by atoms with E-state index in [1.54, 1.807) is 24.3 Å². The molecular formula is C12H15ClN2O3. The minimum Gasteiger partial charge on any atom is -0.443 e. The zero-order chi connectivity index (χ0) is 12.4. The van der Waals surface area contributed by atoms with E-state index in [9.17, 15) is 9.59 Å². The molecular weight excluding hydrogens is 256 g/mol. The van der Waals surface area contributed by atoms with Crippen LogP contribution < -0.4 is 10.6 Å². The van der Waals surface area contributed by atoms with Crippen molar-refractivity contribution in [3.05, 3.63) is 29.8 Å². The first-order chi connectivity index (χ1) is 8.11. The molecule has 1 saturated heterocycles. The Morgan fingerprint density at radius 1 is 1.44 bits per heavy atom. The average molecular weight is 271 g/mol. The summed E-state index contributed by atoms with van der Waals surface area (Å²) in [6, 6.07) is 6.86. The molecule has 1 atom stereocenters. The van der Waals surface area contributed by atoms with Crippen molar-refractivity contribution >= 4 is 30.0 Å². The van der Waals surface area contributed by atoms with E-state index in [4.69, 9.17) is 10.5 Å². The fraction of sp³-hybridized carbons (Fsp3) is 0.333. The van der Waals surface area contributed by atoms with E-state index in [1.807, 2.05) is 0 Å². The lowest BCUT2D eigenvalue weighted by atomic mass is 10.1. The highest BCUT2D eigenvalue weighted by molar-refractivity contribution is 5.95. The number of carbonyl (C=O) groups is 2. The first-order valence-electron chi connectivity index (χ1n) is 5.41. The van der Waals surface area contributed by atoms with Crippen molar-refractivity contribution in [3.63, 3.8) is 0 Å². The van der Waals surface area contributed by atoms with Crippen LogP contribution in [0.25, 0.3) is 0 Å². The van der Waals surface area contributed by atoms with Gasteiger partial charge in [0.05, 0.1) is 6.54 Å². The predicted octanol–water partition coefficient (Wildman–Crippen LogP) is 1.59. The fourth-order valence-electron chi connectivity index (χ4n) is 1.73. The van der Waals surface area contributed by atoms with Crippen molar-refractivity contribution in [1.82, 2.24) is 0 Å². The van der Waals surface area contributed by atoms with Gasteiger partial charge in [-0.25, -0.2) is 4.79 Å². The summed E-state index contributed by atoms with van der Waals surface area (Å²) in [6.07, 6.45) is -0.647. The van der Waals surface area contributed by atoms with Crippen LogP contribution in [0.5, 0.6) is 0 Å². The van der Waals surface area contributed by atoms with E-state index >= 15 is 0 Å². The number of anilines is 1. The van der Waals surface area contributed by atoms with Gasteiger partial charge in [-0.3, -0.25) is 9.69 Å². The maximum absolute atomic E-state index is 11.5. The molecule has 98 valence electrons. The van der Waals surface area contributed by atoms with Crippen molar-refractivity contribution in [1.29, 1.82) is 0 Å². The summed E-state index contributed by atoms with van der Waals surface area (Å²) >= 11 is 0. The van der Waals surface area contributed by atoms with Gasteiger partial charge in [0.25, 0.3) is 0 Å². The van der Waals surface area contributed by atoms with Gasteiger partial charge in [0.15, 0.2) is 5.78 Å². The Morgan fingerprint density at radius 3 is 2.50 bits per heavy atom. The number of ether oxygens (including phenoxy) is 1. The molecule has 1 unspecified atom stereocenters. The molecule has 1 amide bonds. The second-order valence-corrected chi connectivity index (χ2v) is 3.96. The second-order valence-electron chi connectivity index (χ2n) is 3.96. The number of nitrogens with zero attached hydrogens (tertiary/aromatic N) is 1. The Bertz CT molecular complexity index is 447. The standard InChI is InChI=1S/C12H14N2O3.ClH/c1-8(15)9-2-4-10(5-3-9)14-7-11(6-13)17-12(14)16;/h2-5,11H,6-7,13H2,1H3;1H. The van der Waals surface area contributed by atoms with Gasteiger partial charge in [0.1, 0.15) is 6.10 Å². The van der Waals surface area contributed by atoms with Gasteiger partial charge in [0.2, 0.25) is 0 Å². The molecule has 18 heavy (non-hydrogen) atoms. The molecule has 1 aliphatic heterocycles. The number of carbonyl (C=O) groups excluding carboxylic acids is 2. The van der Waals surface area contributed by atoms with Crippen molar-refractivity contribution in [2.24, 2.45) is 5.73 Å². The number of cyclic esters (lactones) is 1. The Balaban J connectivity index is 0.00000162. The maximum atomic E-state index is 11.5. The largest absolute Gasteiger partial charge is 0.443 e. The molecule has 0 aromatic heterocycles. The van der Waals surface area contributed by atoms with Crippen molar-refractivity contribution in [2.45, 2.75) is 13.0 Å². The molecule has 1 heterocycles. The van der Waals surface area contributed by atoms with Crippen LogP contribution in [0.15, 0.2) is 24.3 Å². The second kappa shape index (κ2) is 5.84. The Hall–Kier alpha value is -1.59. The van der Waals surface area contributed by atoms with Gasteiger partial charge >= 0.3 is 6.09 Å². The Labute approximate surface area is 111 Å². The number of ketones is 1. The Kier molecular flexibility index (Phi) is 4.69. The molecule has 1 aliphatic rings. The molecule has 0 bridgehead atoms. The van der Waals surface area contributed by atoms with Crippen LogP contribution in [0.3, 0.4) is 0 Å². The molecule has 0 saturated carbocycles. The highest BCUT2D eigenvalue weighted by Gasteiger charge is 2.31. The molecule has 2 N–H and O–H groups in total. The number of amides is 1. The summed E-state index contributed by atoms with van der Waals surface area (Å²) in [5, 5.41) is 0. The quantitative estimate of drug-likeness (QED) is 0.847. The first-order valence-corrected chi connectivity index (χ1v) is 5.41. The molecule has 1 fully saturated rings. The monoisotopic (exact) mass is 270 g/mol.